The fourth-order valence-corrected chi connectivity index (χ4v) is 4.51. The van der Waals surface area contributed by atoms with Crippen molar-refractivity contribution < 1.29 is 0 Å². The molecule has 8 heteroatoms. The van der Waals surface area contributed by atoms with Gasteiger partial charge in [0.2, 0.25) is 0 Å². The first-order chi connectivity index (χ1) is 15.4. The van der Waals surface area contributed by atoms with Crippen molar-refractivity contribution in [3.8, 4) is 0 Å². The first-order valence-electron chi connectivity index (χ1n) is 10.8. The first-order valence-corrected chi connectivity index (χ1v) is 11.6. The summed E-state index contributed by atoms with van der Waals surface area (Å²) in [5.41, 5.74) is 5.38. The number of hydrogen-bond acceptors (Lipinski definition) is 6. The van der Waals surface area contributed by atoms with Crippen LogP contribution in [0.1, 0.15) is 28.3 Å². The summed E-state index contributed by atoms with van der Waals surface area (Å²) < 4.78 is 0. The molecule has 0 atom stereocenters. The van der Waals surface area contributed by atoms with Crippen LogP contribution in [0.4, 0.5) is 11.5 Å². The maximum atomic E-state index is 6.74. The van der Waals surface area contributed by atoms with Crippen LogP contribution in [0.2, 0.25) is 10.0 Å². The monoisotopic (exact) mass is 470 g/mol. The van der Waals surface area contributed by atoms with Crippen LogP contribution in [0, 0.1) is 13.8 Å². The number of nitrogens with one attached hydrogen (secondary N) is 1. The minimum atomic E-state index is 0.430. The van der Waals surface area contributed by atoms with Gasteiger partial charge in [0.25, 0.3) is 0 Å². The summed E-state index contributed by atoms with van der Waals surface area (Å²) in [6.45, 7) is 8.09. The summed E-state index contributed by atoms with van der Waals surface area (Å²) in [6, 6.07) is 10.7. The molecule has 0 fully saturated rings. The Morgan fingerprint density at radius 2 is 1.84 bits per heavy atom. The van der Waals surface area contributed by atoms with Gasteiger partial charge >= 0.3 is 0 Å². The van der Waals surface area contributed by atoms with E-state index in [-0.39, 0.29) is 0 Å². The molecule has 6 nitrogen and oxygen atoms in total. The third kappa shape index (κ3) is 5.14. The standard InChI is InChI=1S/C24H28Cl2N6/c1-16-22(25)24(30-17(2)29-16)28-14-20-23(26)21(8-10-27-20)31(3)12-13-32-11-9-18-6-4-5-7-19(18)15-32/h4-8,10H,9,11-15H2,1-3H3,(H,28,29,30). The molecule has 2 aromatic heterocycles. The van der Waals surface area contributed by atoms with E-state index in [2.05, 4.69) is 61.4 Å². The lowest BCUT2D eigenvalue weighted by Crippen LogP contribution is -2.36. The SMILES string of the molecule is Cc1nc(C)c(Cl)c(NCc2nccc(N(C)CCN3CCc4ccccc4C3)c2Cl)n1. The average Bonchev–Trinajstić information content (AvgIpc) is 2.79. The molecular formula is C24H28Cl2N6. The number of pyridine rings is 1. The molecule has 4 rings (SSSR count). The lowest BCUT2D eigenvalue weighted by atomic mass is 10.00. The summed E-state index contributed by atoms with van der Waals surface area (Å²) in [7, 11) is 2.07. The van der Waals surface area contributed by atoms with Crippen LogP contribution in [0.25, 0.3) is 0 Å². The van der Waals surface area contributed by atoms with Crippen LogP contribution in [-0.2, 0) is 19.5 Å². The molecule has 1 aliphatic rings. The Morgan fingerprint density at radius 3 is 2.66 bits per heavy atom. The van der Waals surface area contributed by atoms with Gasteiger partial charge in [0.05, 0.1) is 28.6 Å². The molecule has 0 amide bonds. The highest BCUT2D eigenvalue weighted by molar-refractivity contribution is 6.34. The molecule has 168 valence electrons. The van der Waals surface area contributed by atoms with E-state index in [9.17, 15) is 0 Å². The van der Waals surface area contributed by atoms with Crippen molar-refractivity contribution in [1.82, 2.24) is 19.9 Å². The van der Waals surface area contributed by atoms with Crippen LogP contribution in [0.15, 0.2) is 36.5 Å². The molecule has 1 aromatic carbocycles. The molecule has 0 saturated heterocycles. The number of aryl methyl sites for hydroxylation is 2. The van der Waals surface area contributed by atoms with Crippen LogP contribution in [-0.4, -0.2) is 46.5 Å². The van der Waals surface area contributed by atoms with Crippen LogP contribution < -0.4 is 10.2 Å². The lowest BCUT2D eigenvalue weighted by molar-refractivity contribution is 0.260. The van der Waals surface area contributed by atoms with E-state index in [4.69, 9.17) is 23.2 Å². The van der Waals surface area contributed by atoms with Gasteiger partial charge in [-0.3, -0.25) is 9.88 Å². The van der Waals surface area contributed by atoms with Gasteiger partial charge in [-0.2, -0.15) is 0 Å². The molecule has 1 aliphatic heterocycles. The molecule has 3 heterocycles. The van der Waals surface area contributed by atoms with E-state index >= 15 is 0 Å². The largest absolute Gasteiger partial charge is 0.372 e. The zero-order valence-corrected chi connectivity index (χ0v) is 20.2. The summed E-state index contributed by atoms with van der Waals surface area (Å²) in [4.78, 5) is 17.8. The molecule has 3 aromatic rings. The van der Waals surface area contributed by atoms with Crippen molar-refractivity contribution in [2.75, 3.05) is 36.9 Å². The number of likely N-dealkylation sites (N-methyl/N-ethyl adjacent to an activating group) is 1. The molecular weight excluding hydrogens is 443 g/mol. The highest BCUT2D eigenvalue weighted by atomic mass is 35.5. The quantitative estimate of drug-likeness (QED) is 0.529. The Kier molecular flexibility index (Phi) is 7.13. The van der Waals surface area contributed by atoms with Crippen molar-refractivity contribution in [2.24, 2.45) is 0 Å². The predicted molar refractivity (Wildman–Crippen MR) is 132 cm³/mol. The van der Waals surface area contributed by atoms with Crippen molar-refractivity contribution in [3.63, 3.8) is 0 Å². The van der Waals surface area contributed by atoms with Gasteiger partial charge in [-0.05, 0) is 37.5 Å². The third-order valence-electron chi connectivity index (χ3n) is 5.87. The average molecular weight is 471 g/mol. The number of anilines is 2. The molecule has 1 N–H and O–H groups in total. The second-order valence-corrected chi connectivity index (χ2v) is 8.94. The highest BCUT2D eigenvalue weighted by Gasteiger charge is 2.17. The topological polar surface area (TPSA) is 57.2 Å². The summed E-state index contributed by atoms with van der Waals surface area (Å²) in [6.07, 6.45) is 2.90. The third-order valence-corrected chi connectivity index (χ3v) is 6.73. The van der Waals surface area contributed by atoms with Crippen LogP contribution in [0.3, 0.4) is 0 Å². The Hall–Kier alpha value is -2.41. The number of fused-ring (bicyclic) bond motifs is 1. The summed E-state index contributed by atoms with van der Waals surface area (Å²) in [5, 5.41) is 4.41. The molecule has 0 unspecified atom stereocenters. The summed E-state index contributed by atoms with van der Waals surface area (Å²) >= 11 is 13.1. The zero-order valence-electron chi connectivity index (χ0n) is 18.7. The lowest BCUT2D eigenvalue weighted by Gasteiger charge is -2.31. The fourth-order valence-electron chi connectivity index (χ4n) is 4.03. The number of benzene rings is 1. The molecule has 32 heavy (non-hydrogen) atoms. The minimum absolute atomic E-state index is 0.430. The highest BCUT2D eigenvalue weighted by Crippen LogP contribution is 2.29. The minimum Gasteiger partial charge on any atom is -0.372 e. The molecule has 0 bridgehead atoms. The van der Waals surface area contributed by atoms with Gasteiger partial charge in [-0.1, -0.05) is 47.5 Å². The van der Waals surface area contributed by atoms with Gasteiger partial charge in [0.15, 0.2) is 0 Å². The fraction of sp³-hybridized carbons (Fsp3) is 0.375. The molecule has 0 aliphatic carbocycles. The predicted octanol–water partition coefficient (Wildman–Crippen LogP) is 4.90. The second-order valence-electron chi connectivity index (χ2n) is 8.18. The smallest absolute Gasteiger partial charge is 0.149 e. The van der Waals surface area contributed by atoms with E-state index in [1.807, 2.05) is 19.9 Å². The number of halogens is 2. The normalized spacial score (nSPS) is 13.7. The Balaban J connectivity index is 1.39. The number of rotatable bonds is 7. The Morgan fingerprint density at radius 1 is 1.06 bits per heavy atom. The Bertz CT molecular complexity index is 1100. The van der Waals surface area contributed by atoms with Crippen molar-refractivity contribution in [2.45, 2.75) is 33.4 Å². The van der Waals surface area contributed by atoms with Gasteiger partial charge in [-0.15, -0.1) is 0 Å². The zero-order chi connectivity index (χ0) is 22.7. The maximum Gasteiger partial charge on any atom is 0.149 e. The van der Waals surface area contributed by atoms with E-state index in [1.54, 1.807) is 6.20 Å². The van der Waals surface area contributed by atoms with E-state index in [0.717, 1.165) is 49.7 Å². The Labute approximate surface area is 199 Å². The van der Waals surface area contributed by atoms with Crippen molar-refractivity contribution in [3.05, 3.63) is 74.9 Å². The first kappa shape index (κ1) is 22.8. The second kappa shape index (κ2) is 10.0. The number of aromatic nitrogens is 3. The number of hydrogen-bond donors (Lipinski definition) is 1. The molecule has 0 saturated carbocycles. The maximum absolute atomic E-state index is 6.74. The van der Waals surface area contributed by atoms with Gasteiger partial charge in [0, 0.05) is 39.4 Å². The van der Waals surface area contributed by atoms with Crippen molar-refractivity contribution >= 4 is 34.7 Å². The van der Waals surface area contributed by atoms with Gasteiger partial charge in [-0.25, -0.2) is 9.97 Å². The van der Waals surface area contributed by atoms with Gasteiger partial charge < -0.3 is 10.2 Å². The van der Waals surface area contributed by atoms with Gasteiger partial charge in [0.1, 0.15) is 16.7 Å². The summed E-state index contributed by atoms with van der Waals surface area (Å²) in [5.74, 6) is 1.26. The molecule has 0 radical (unpaired) electrons. The van der Waals surface area contributed by atoms with Crippen LogP contribution >= 0.6 is 23.2 Å². The van der Waals surface area contributed by atoms with E-state index < -0.39 is 0 Å². The number of nitrogens with zero attached hydrogens (tertiary/aromatic N) is 5. The van der Waals surface area contributed by atoms with Crippen LogP contribution in [0.5, 0.6) is 0 Å². The van der Waals surface area contributed by atoms with E-state index in [0.29, 0.717) is 28.2 Å². The van der Waals surface area contributed by atoms with E-state index in [1.165, 1.54) is 11.1 Å². The molecule has 0 spiro atoms. The van der Waals surface area contributed by atoms with Crippen molar-refractivity contribution in [1.29, 1.82) is 0 Å².